The van der Waals surface area contributed by atoms with Crippen LogP contribution in [0.5, 0.6) is 0 Å². The summed E-state index contributed by atoms with van der Waals surface area (Å²) in [6.45, 7) is 0.794. The van der Waals surface area contributed by atoms with E-state index in [0.29, 0.717) is 13.1 Å². The largest absolute Gasteiger partial charge is 0.481 e. The number of carbonyl (C=O) groups is 2. The average molecular weight is 209 g/mol. The molecule has 1 saturated heterocycles. The van der Waals surface area contributed by atoms with Gasteiger partial charge in [0.25, 0.3) is 0 Å². The normalized spacial score (nSPS) is 26.1. The van der Waals surface area contributed by atoms with Gasteiger partial charge in [-0.1, -0.05) is 12.2 Å². The number of nitrogens with zero attached hydrogens (tertiary/aromatic N) is 1. The van der Waals surface area contributed by atoms with Crippen molar-refractivity contribution in [1.82, 2.24) is 4.90 Å². The first-order valence-corrected chi connectivity index (χ1v) is 5.35. The van der Waals surface area contributed by atoms with Crippen LogP contribution in [0.25, 0.3) is 0 Å². The van der Waals surface area contributed by atoms with E-state index in [4.69, 9.17) is 5.11 Å². The third-order valence-corrected chi connectivity index (χ3v) is 3.16. The Kier molecular flexibility index (Phi) is 2.75. The molecule has 1 atom stereocenters. The Labute approximate surface area is 88.6 Å². The first-order chi connectivity index (χ1) is 7.18. The maximum Gasteiger partial charge on any atom is 0.310 e. The summed E-state index contributed by atoms with van der Waals surface area (Å²) in [6.07, 6.45) is 6.82. The van der Waals surface area contributed by atoms with Crippen molar-refractivity contribution in [2.45, 2.75) is 19.3 Å². The number of allylic oxidation sites excluding steroid dienone is 2. The van der Waals surface area contributed by atoms with Gasteiger partial charge >= 0.3 is 5.97 Å². The first-order valence-electron chi connectivity index (χ1n) is 5.35. The average Bonchev–Trinajstić information content (AvgIpc) is 2.16. The highest BCUT2D eigenvalue weighted by Crippen LogP contribution is 2.25. The number of rotatable bonds is 2. The molecule has 4 nitrogen and oxygen atoms in total. The number of carbonyl (C=O) groups excluding carboxylic acids is 1. The topological polar surface area (TPSA) is 57.6 Å². The zero-order valence-corrected chi connectivity index (χ0v) is 8.56. The van der Waals surface area contributed by atoms with Crippen LogP contribution in [0.1, 0.15) is 19.3 Å². The number of carboxylic acids is 1. The number of aliphatic carboxylic acids is 1. The molecule has 0 saturated carbocycles. The Morgan fingerprint density at radius 3 is 2.47 bits per heavy atom. The van der Waals surface area contributed by atoms with Gasteiger partial charge in [-0.15, -0.1) is 0 Å². The standard InChI is InChI=1S/C11H15NO3/c13-10(8-4-2-1-3-5-8)12-6-9(7-12)11(14)15/h1-2,8-9H,3-7H2,(H,14,15). The van der Waals surface area contributed by atoms with Crippen LogP contribution in [0, 0.1) is 11.8 Å². The van der Waals surface area contributed by atoms with Crippen LogP contribution >= 0.6 is 0 Å². The second-order valence-electron chi connectivity index (χ2n) is 4.26. The van der Waals surface area contributed by atoms with Gasteiger partial charge in [0.05, 0.1) is 5.92 Å². The molecule has 2 aliphatic rings. The van der Waals surface area contributed by atoms with Crippen molar-refractivity contribution in [2.75, 3.05) is 13.1 Å². The van der Waals surface area contributed by atoms with Crippen molar-refractivity contribution < 1.29 is 14.7 Å². The van der Waals surface area contributed by atoms with E-state index in [0.717, 1.165) is 19.3 Å². The van der Waals surface area contributed by atoms with Crippen LogP contribution in [0.2, 0.25) is 0 Å². The van der Waals surface area contributed by atoms with E-state index in [-0.39, 0.29) is 17.7 Å². The van der Waals surface area contributed by atoms with Crippen LogP contribution < -0.4 is 0 Å². The Morgan fingerprint density at radius 1 is 1.20 bits per heavy atom. The summed E-state index contributed by atoms with van der Waals surface area (Å²) >= 11 is 0. The molecule has 1 amide bonds. The number of hydrogen-bond acceptors (Lipinski definition) is 2. The van der Waals surface area contributed by atoms with Crippen LogP contribution in [-0.4, -0.2) is 35.0 Å². The molecule has 0 spiro atoms. The van der Waals surface area contributed by atoms with Gasteiger partial charge < -0.3 is 10.0 Å². The number of amides is 1. The van der Waals surface area contributed by atoms with E-state index in [9.17, 15) is 9.59 Å². The highest BCUT2D eigenvalue weighted by atomic mass is 16.4. The smallest absolute Gasteiger partial charge is 0.310 e. The lowest BCUT2D eigenvalue weighted by Gasteiger charge is -2.39. The van der Waals surface area contributed by atoms with E-state index in [2.05, 4.69) is 6.08 Å². The molecular weight excluding hydrogens is 194 g/mol. The molecule has 0 bridgehead atoms. The Morgan fingerprint density at radius 2 is 1.93 bits per heavy atom. The Balaban J connectivity index is 1.83. The van der Waals surface area contributed by atoms with Crippen molar-refractivity contribution >= 4 is 11.9 Å². The summed E-state index contributed by atoms with van der Waals surface area (Å²) in [4.78, 5) is 24.1. The zero-order chi connectivity index (χ0) is 10.8. The van der Waals surface area contributed by atoms with Gasteiger partial charge in [0.15, 0.2) is 0 Å². The second-order valence-corrected chi connectivity index (χ2v) is 4.26. The summed E-state index contributed by atoms with van der Waals surface area (Å²) in [5, 5.41) is 8.69. The maximum absolute atomic E-state index is 11.8. The fourth-order valence-electron chi connectivity index (χ4n) is 2.09. The van der Waals surface area contributed by atoms with Crippen LogP contribution in [0.3, 0.4) is 0 Å². The predicted molar refractivity (Wildman–Crippen MR) is 54.2 cm³/mol. The van der Waals surface area contributed by atoms with Crippen molar-refractivity contribution in [2.24, 2.45) is 11.8 Å². The molecule has 1 N–H and O–H groups in total. The lowest BCUT2D eigenvalue weighted by molar-refractivity contribution is -0.154. The van der Waals surface area contributed by atoms with Crippen molar-refractivity contribution in [3.63, 3.8) is 0 Å². The molecule has 1 aliphatic carbocycles. The van der Waals surface area contributed by atoms with Crippen LogP contribution in [0.4, 0.5) is 0 Å². The van der Waals surface area contributed by atoms with Gasteiger partial charge in [0, 0.05) is 19.0 Å². The second kappa shape index (κ2) is 4.04. The Hall–Kier alpha value is -1.32. The molecule has 0 radical (unpaired) electrons. The predicted octanol–water partition coefficient (Wildman–Crippen LogP) is 0.886. The van der Waals surface area contributed by atoms with Gasteiger partial charge in [-0.3, -0.25) is 9.59 Å². The Bertz CT molecular complexity index is 305. The van der Waals surface area contributed by atoms with Crippen molar-refractivity contribution in [3.8, 4) is 0 Å². The molecule has 0 aromatic carbocycles. The van der Waals surface area contributed by atoms with Gasteiger partial charge in [0.2, 0.25) is 5.91 Å². The fourth-order valence-corrected chi connectivity index (χ4v) is 2.09. The van der Waals surface area contributed by atoms with E-state index in [1.165, 1.54) is 0 Å². The molecule has 0 aromatic heterocycles. The van der Waals surface area contributed by atoms with Crippen molar-refractivity contribution in [1.29, 1.82) is 0 Å². The number of carboxylic acid groups (broad SMARTS) is 1. The van der Waals surface area contributed by atoms with E-state index < -0.39 is 5.97 Å². The summed E-state index contributed by atoms with van der Waals surface area (Å²) < 4.78 is 0. The summed E-state index contributed by atoms with van der Waals surface area (Å²) in [6, 6.07) is 0. The first kappa shape index (κ1) is 10.2. The van der Waals surface area contributed by atoms with Gasteiger partial charge in [-0.25, -0.2) is 0 Å². The SMILES string of the molecule is O=C(O)C1CN(C(=O)C2CC=CCC2)C1. The molecule has 0 aromatic rings. The molecule has 1 fully saturated rings. The molecule has 1 aliphatic heterocycles. The number of likely N-dealkylation sites (tertiary alicyclic amines) is 1. The van der Waals surface area contributed by atoms with Crippen molar-refractivity contribution in [3.05, 3.63) is 12.2 Å². The van der Waals surface area contributed by atoms with E-state index in [1.54, 1.807) is 4.90 Å². The number of hydrogen-bond donors (Lipinski definition) is 1. The third-order valence-electron chi connectivity index (χ3n) is 3.16. The lowest BCUT2D eigenvalue weighted by Crippen LogP contribution is -2.54. The molecule has 15 heavy (non-hydrogen) atoms. The molecule has 2 rings (SSSR count). The minimum absolute atomic E-state index is 0.0877. The monoisotopic (exact) mass is 209 g/mol. The summed E-state index contributed by atoms with van der Waals surface area (Å²) in [5.41, 5.74) is 0. The van der Waals surface area contributed by atoms with Gasteiger partial charge in [0.1, 0.15) is 0 Å². The minimum atomic E-state index is -0.789. The quantitative estimate of drug-likeness (QED) is 0.687. The summed E-state index contributed by atoms with van der Waals surface area (Å²) in [7, 11) is 0. The molecule has 82 valence electrons. The highest BCUT2D eigenvalue weighted by Gasteiger charge is 2.37. The molecule has 4 heteroatoms. The molecule has 1 unspecified atom stereocenters. The fraction of sp³-hybridized carbons (Fsp3) is 0.636. The van der Waals surface area contributed by atoms with Crippen LogP contribution in [0.15, 0.2) is 12.2 Å². The minimum Gasteiger partial charge on any atom is -0.481 e. The highest BCUT2D eigenvalue weighted by molar-refractivity contribution is 5.82. The molecular formula is C11H15NO3. The van der Waals surface area contributed by atoms with Gasteiger partial charge in [-0.2, -0.15) is 0 Å². The third kappa shape index (κ3) is 2.03. The maximum atomic E-state index is 11.8. The van der Waals surface area contributed by atoms with Gasteiger partial charge in [-0.05, 0) is 19.3 Å². The van der Waals surface area contributed by atoms with Crippen LogP contribution in [-0.2, 0) is 9.59 Å². The van der Waals surface area contributed by atoms with E-state index in [1.807, 2.05) is 6.08 Å². The lowest BCUT2D eigenvalue weighted by atomic mass is 9.90. The molecule has 1 heterocycles. The summed E-state index contributed by atoms with van der Waals surface area (Å²) in [5.74, 6) is -0.905. The zero-order valence-electron chi connectivity index (χ0n) is 8.56. The van der Waals surface area contributed by atoms with E-state index >= 15 is 0 Å².